The monoisotopic (exact) mass is 303 g/mol. The Bertz CT molecular complexity index is 522. The van der Waals surface area contributed by atoms with Crippen LogP contribution in [0.3, 0.4) is 0 Å². The first-order valence-corrected chi connectivity index (χ1v) is 7.66. The maximum Gasteiger partial charge on any atom is 0.191 e. The van der Waals surface area contributed by atoms with Gasteiger partial charge in [0, 0.05) is 22.9 Å². The summed E-state index contributed by atoms with van der Waals surface area (Å²) in [6, 6.07) is 0.297. The van der Waals surface area contributed by atoms with Crippen molar-refractivity contribution >= 4 is 34.7 Å². The van der Waals surface area contributed by atoms with E-state index in [4.69, 9.17) is 17.3 Å². The van der Waals surface area contributed by atoms with Gasteiger partial charge in [0.25, 0.3) is 0 Å². The van der Waals surface area contributed by atoms with Crippen LogP contribution in [0.2, 0.25) is 4.47 Å². The van der Waals surface area contributed by atoms with Crippen molar-refractivity contribution in [1.29, 1.82) is 0 Å². The number of halogens is 1. The molecule has 0 radical (unpaired) electrons. The zero-order chi connectivity index (χ0) is 13.1. The lowest BCUT2D eigenvalue weighted by atomic mass is 10.4. The molecule has 5 nitrogen and oxygen atoms in total. The zero-order valence-corrected chi connectivity index (χ0v) is 12.5. The second-order valence-electron chi connectivity index (χ2n) is 3.93. The average molecular weight is 304 g/mol. The van der Waals surface area contributed by atoms with E-state index in [2.05, 4.69) is 33.6 Å². The highest BCUT2D eigenvalue weighted by Gasteiger charge is 2.14. The zero-order valence-electron chi connectivity index (χ0n) is 10.1. The minimum Gasteiger partial charge on any atom is -0.324 e. The van der Waals surface area contributed by atoms with Crippen molar-refractivity contribution in [1.82, 2.24) is 19.7 Å². The van der Waals surface area contributed by atoms with E-state index in [-0.39, 0.29) is 0 Å². The van der Waals surface area contributed by atoms with E-state index < -0.39 is 0 Å². The minimum absolute atomic E-state index is 0.297. The van der Waals surface area contributed by atoms with Crippen molar-refractivity contribution in [3.8, 4) is 0 Å². The summed E-state index contributed by atoms with van der Waals surface area (Å²) in [5.41, 5.74) is 5.65. The van der Waals surface area contributed by atoms with Gasteiger partial charge in [-0.3, -0.25) is 0 Å². The van der Waals surface area contributed by atoms with Crippen LogP contribution >= 0.6 is 34.7 Å². The van der Waals surface area contributed by atoms with Gasteiger partial charge >= 0.3 is 0 Å². The molecule has 0 amide bonds. The van der Waals surface area contributed by atoms with E-state index in [1.165, 1.54) is 11.3 Å². The molecule has 0 aliphatic carbocycles. The SMILES string of the molecule is CC(C)n1c(CN)nnc1SCc1cnc(Cl)s1. The van der Waals surface area contributed by atoms with Crippen LogP contribution < -0.4 is 5.73 Å². The smallest absolute Gasteiger partial charge is 0.191 e. The summed E-state index contributed by atoms with van der Waals surface area (Å²) >= 11 is 8.91. The molecule has 2 rings (SSSR count). The maximum absolute atomic E-state index is 5.80. The third-order valence-corrected chi connectivity index (χ3v) is 4.59. The van der Waals surface area contributed by atoms with Gasteiger partial charge in [-0.05, 0) is 13.8 Å². The predicted molar refractivity (Wildman–Crippen MR) is 75.0 cm³/mol. The van der Waals surface area contributed by atoms with Gasteiger partial charge in [-0.2, -0.15) is 0 Å². The Morgan fingerprint density at radius 1 is 1.50 bits per heavy atom. The van der Waals surface area contributed by atoms with Gasteiger partial charge in [0.1, 0.15) is 5.82 Å². The number of aromatic nitrogens is 4. The van der Waals surface area contributed by atoms with E-state index in [1.54, 1.807) is 18.0 Å². The van der Waals surface area contributed by atoms with Crippen LogP contribution in [0.4, 0.5) is 0 Å². The molecule has 0 spiro atoms. The lowest BCUT2D eigenvalue weighted by Crippen LogP contribution is -2.11. The van der Waals surface area contributed by atoms with Crippen molar-refractivity contribution in [3.05, 3.63) is 21.4 Å². The van der Waals surface area contributed by atoms with Crippen LogP contribution in [0, 0.1) is 0 Å². The molecule has 2 heterocycles. The lowest BCUT2D eigenvalue weighted by molar-refractivity contribution is 0.526. The van der Waals surface area contributed by atoms with Crippen molar-refractivity contribution in [2.75, 3.05) is 0 Å². The fourth-order valence-electron chi connectivity index (χ4n) is 1.55. The fraction of sp³-hybridized carbons (Fsp3) is 0.500. The molecule has 0 aliphatic rings. The molecule has 0 saturated carbocycles. The van der Waals surface area contributed by atoms with Gasteiger partial charge in [-0.25, -0.2) is 4.98 Å². The number of hydrogen-bond acceptors (Lipinski definition) is 6. The summed E-state index contributed by atoms with van der Waals surface area (Å²) in [4.78, 5) is 5.14. The minimum atomic E-state index is 0.297. The van der Waals surface area contributed by atoms with Crippen molar-refractivity contribution in [2.24, 2.45) is 5.73 Å². The van der Waals surface area contributed by atoms with Gasteiger partial charge in [-0.15, -0.1) is 21.5 Å². The Balaban J connectivity index is 2.11. The summed E-state index contributed by atoms with van der Waals surface area (Å²) in [6.07, 6.45) is 1.79. The van der Waals surface area contributed by atoms with E-state index in [1.807, 2.05) is 0 Å². The molecule has 0 aliphatic heterocycles. The highest BCUT2D eigenvalue weighted by molar-refractivity contribution is 7.98. The summed E-state index contributed by atoms with van der Waals surface area (Å²) < 4.78 is 2.63. The van der Waals surface area contributed by atoms with Crippen LogP contribution in [-0.4, -0.2) is 19.7 Å². The molecule has 2 aromatic rings. The Labute approximate surface area is 119 Å². The van der Waals surface area contributed by atoms with Gasteiger partial charge in [0.15, 0.2) is 9.62 Å². The lowest BCUT2D eigenvalue weighted by Gasteiger charge is -2.12. The number of hydrogen-bond donors (Lipinski definition) is 1. The molecule has 98 valence electrons. The second-order valence-corrected chi connectivity index (χ2v) is 6.57. The van der Waals surface area contributed by atoms with Gasteiger partial charge < -0.3 is 10.3 Å². The first-order valence-electron chi connectivity index (χ1n) is 5.48. The van der Waals surface area contributed by atoms with Crippen LogP contribution in [-0.2, 0) is 12.3 Å². The number of nitrogens with two attached hydrogens (primary N) is 1. The molecule has 0 bridgehead atoms. The molecule has 2 aromatic heterocycles. The molecule has 0 fully saturated rings. The third kappa shape index (κ3) is 3.03. The van der Waals surface area contributed by atoms with E-state index >= 15 is 0 Å². The molecular weight excluding hydrogens is 290 g/mol. The van der Waals surface area contributed by atoms with Crippen LogP contribution in [0.5, 0.6) is 0 Å². The molecular formula is C10H14ClN5S2. The predicted octanol–water partition coefficient (Wildman–Crippen LogP) is 2.72. The quantitative estimate of drug-likeness (QED) is 0.860. The first-order chi connectivity index (χ1) is 8.61. The second kappa shape index (κ2) is 6.01. The van der Waals surface area contributed by atoms with Crippen LogP contribution in [0.1, 0.15) is 30.6 Å². The third-order valence-electron chi connectivity index (χ3n) is 2.30. The molecule has 0 aromatic carbocycles. The van der Waals surface area contributed by atoms with Gasteiger partial charge in [-0.1, -0.05) is 23.4 Å². The van der Waals surface area contributed by atoms with Gasteiger partial charge in [0.05, 0.1) is 6.54 Å². The first kappa shape index (κ1) is 13.8. The summed E-state index contributed by atoms with van der Waals surface area (Å²) in [7, 11) is 0. The number of rotatable bonds is 5. The molecule has 2 N–H and O–H groups in total. The number of thioether (sulfide) groups is 1. The van der Waals surface area contributed by atoms with Crippen molar-refractivity contribution in [3.63, 3.8) is 0 Å². The van der Waals surface area contributed by atoms with E-state index in [9.17, 15) is 0 Å². The Kier molecular flexibility index (Phi) is 4.60. The Hall–Kier alpha value is -0.630. The molecule has 0 atom stereocenters. The highest BCUT2D eigenvalue weighted by atomic mass is 35.5. The summed E-state index contributed by atoms with van der Waals surface area (Å²) in [5.74, 6) is 1.61. The van der Waals surface area contributed by atoms with E-state index in [0.29, 0.717) is 17.1 Å². The molecule has 0 unspecified atom stereocenters. The number of nitrogens with zero attached hydrogens (tertiary/aromatic N) is 4. The average Bonchev–Trinajstić information content (AvgIpc) is 2.92. The maximum atomic E-state index is 5.80. The topological polar surface area (TPSA) is 69.6 Å². The van der Waals surface area contributed by atoms with E-state index in [0.717, 1.165) is 21.6 Å². The molecule has 0 saturated heterocycles. The Morgan fingerprint density at radius 2 is 2.28 bits per heavy atom. The Morgan fingerprint density at radius 3 is 2.83 bits per heavy atom. The van der Waals surface area contributed by atoms with Crippen molar-refractivity contribution in [2.45, 2.75) is 37.3 Å². The van der Waals surface area contributed by atoms with Crippen LogP contribution in [0.15, 0.2) is 11.4 Å². The normalized spacial score (nSPS) is 11.4. The largest absolute Gasteiger partial charge is 0.324 e. The standard InChI is InChI=1S/C10H14ClN5S2/c1-6(2)16-8(3-12)14-15-10(16)17-5-7-4-13-9(11)18-7/h4,6H,3,5,12H2,1-2H3. The molecule has 18 heavy (non-hydrogen) atoms. The van der Waals surface area contributed by atoms with Crippen LogP contribution in [0.25, 0.3) is 0 Å². The fourth-order valence-corrected chi connectivity index (χ4v) is 3.64. The highest BCUT2D eigenvalue weighted by Crippen LogP contribution is 2.28. The molecule has 8 heteroatoms. The number of thiazole rings is 1. The summed E-state index contributed by atoms with van der Waals surface area (Å²) in [5, 5.41) is 9.16. The van der Waals surface area contributed by atoms with Gasteiger partial charge in [0.2, 0.25) is 0 Å². The van der Waals surface area contributed by atoms with Crippen molar-refractivity contribution < 1.29 is 0 Å². The summed E-state index contributed by atoms with van der Waals surface area (Å²) in [6.45, 7) is 4.59.